The van der Waals surface area contributed by atoms with Crippen LogP contribution in [0.1, 0.15) is 32.8 Å². The molecule has 1 aromatic carbocycles. The summed E-state index contributed by atoms with van der Waals surface area (Å²) in [6.45, 7) is 4.53. The van der Waals surface area contributed by atoms with Crippen LogP contribution in [0, 0.1) is 0 Å². The number of aromatic nitrogens is 3. The van der Waals surface area contributed by atoms with Gasteiger partial charge < -0.3 is 14.8 Å². The Morgan fingerprint density at radius 3 is 2.44 bits per heavy atom. The minimum absolute atomic E-state index is 0.246. The van der Waals surface area contributed by atoms with Crippen LogP contribution in [-0.4, -0.2) is 72.2 Å². The fourth-order valence-corrected chi connectivity index (χ4v) is 3.08. The largest absolute Gasteiger partial charge is 0.465 e. The molecule has 1 aromatic heterocycles. The number of hydrogen-bond donors (Lipinski definition) is 1. The fraction of sp³-hybridized carbons (Fsp3) is 0.444. The molecule has 2 aromatic rings. The van der Waals surface area contributed by atoms with Crippen molar-refractivity contribution in [3.05, 3.63) is 41.2 Å². The monoisotopic (exact) mass is 373 g/mol. The summed E-state index contributed by atoms with van der Waals surface area (Å²) in [5, 5.41) is 11.5. The van der Waals surface area contributed by atoms with E-state index in [1.807, 2.05) is 0 Å². The summed E-state index contributed by atoms with van der Waals surface area (Å²) in [7, 11) is 2.59. The Kier molecular flexibility index (Phi) is 6.15. The Labute approximate surface area is 157 Å². The molecule has 1 aliphatic heterocycles. The minimum Gasteiger partial charge on any atom is -0.465 e. The van der Waals surface area contributed by atoms with E-state index in [9.17, 15) is 9.59 Å². The predicted molar refractivity (Wildman–Crippen MR) is 96.8 cm³/mol. The van der Waals surface area contributed by atoms with Gasteiger partial charge in [0.1, 0.15) is 0 Å². The van der Waals surface area contributed by atoms with Crippen LogP contribution in [0.25, 0.3) is 5.69 Å². The molecule has 9 nitrogen and oxygen atoms in total. The maximum Gasteiger partial charge on any atom is 0.337 e. The Morgan fingerprint density at radius 2 is 1.78 bits per heavy atom. The third-order valence-corrected chi connectivity index (χ3v) is 4.44. The van der Waals surface area contributed by atoms with Gasteiger partial charge >= 0.3 is 11.9 Å². The molecule has 3 rings (SSSR count). The summed E-state index contributed by atoms with van der Waals surface area (Å²) in [6, 6.07) is 4.69. The maximum absolute atomic E-state index is 12.0. The van der Waals surface area contributed by atoms with Gasteiger partial charge in [0.2, 0.25) is 0 Å². The van der Waals surface area contributed by atoms with Gasteiger partial charge in [0, 0.05) is 19.6 Å². The van der Waals surface area contributed by atoms with E-state index in [1.165, 1.54) is 20.3 Å². The molecule has 144 valence electrons. The second-order valence-electron chi connectivity index (χ2n) is 6.27. The number of carbonyl (C=O) groups excluding carboxylic acids is 2. The third kappa shape index (κ3) is 4.50. The Balaban J connectivity index is 1.94. The number of rotatable bonds is 5. The Morgan fingerprint density at radius 1 is 1.07 bits per heavy atom. The molecule has 27 heavy (non-hydrogen) atoms. The smallest absolute Gasteiger partial charge is 0.337 e. The quantitative estimate of drug-likeness (QED) is 0.763. The minimum atomic E-state index is -0.540. The number of esters is 2. The standard InChI is InChI=1S/C18H23N5O4/c1-26-17(24)13-8-14(18(25)27-2)10-15(9-13)23-16(11-20-21-23)12-22-6-3-4-19-5-7-22/h8-11,19H,3-7,12H2,1-2H3. The molecule has 0 amide bonds. The van der Waals surface area contributed by atoms with Gasteiger partial charge in [-0.2, -0.15) is 0 Å². The molecule has 9 heteroatoms. The number of nitrogens with zero attached hydrogens (tertiary/aromatic N) is 4. The number of ether oxygens (including phenoxy) is 2. The van der Waals surface area contributed by atoms with Crippen molar-refractivity contribution in [3.63, 3.8) is 0 Å². The van der Waals surface area contributed by atoms with Crippen LogP contribution in [0.3, 0.4) is 0 Å². The molecule has 1 N–H and O–H groups in total. The van der Waals surface area contributed by atoms with Crippen LogP contribution in [0.5, 0.6) is 0 Å². The molecule has 0 bridgehead atoms. The first-order valence-electron chi connectivity index (χ1n) is 8.77. The summed E-state index contributed by atoms with van der Waals surface area (Å²) >= 11 is 0. The zero-order valence-electron chi connectivity index (χ0n) is 15.5. The van der Waals surface area contributed by atoms with Gasteiger partial charge in [-0.3, -0.25) is 4.90 Å². The first-order chi connectivity index (χ1) is 13.1. The average Bonchev–Trinajstić information content (AvgIpc) is 3.01. The van der Waals surface area contributed by atoms with Crippen molar-refractivity contribution < 1.29 is 19.1 Å². The van der Waals surface area contributed by atoms with Crippen molar-refractivity contribution in [1.29, 1.82) is 0 Å². The normalized spacial score (nSPS) is 15.2. The molecule has 0 unspecified atom stereocenters. The van der Waals surface area contributed by atoms with E-state index in [-0.39, 0.29) is 11.1 Å². The van der Waals surface area contributed by atoms with Gasteiger partial charge in [0.15, 0.2) is 0 Å². The van der Waals surface area contributed by atoms with E-state index >= 15 is 0 Å². The molecule has 0 saturated carbocycles. The van der Waals surface area contributed by atoms with Crippen molar-refractivity contribution in [1.82, 2.24) is 25.2 Å². The van der Waals surface area contributed by atoms with Crippen LogP contribution in [0.4, 0.5) is 0 Å². The highest BCUT2D eigenvalue weighted by Gasteiger charge is 2.18. The molecular weight excluding hydrogens is 350 g/mol. The lowest BCUT2D eigenvalue weighted by atomic mass is 10.1. The lowest BCUT2D eigenvalue weighted by Crippen LogP contribution is -2.28. The molecule has 1 saturated heterocycles. The summed E-state index contributed by atoms with van der Waals surface area (Å²) in [5.74, 6) is -1.08. The highest BCUT2D eigenvalue weighted by Crippen LogP contribution is 2.18. The molecule has 2 heterocycles. The van der Waals surface area contributed by atoms with Gasteiger partial charge in [-0.05, 0) is 37.7 Å². The van der Waals surface area contributed by atoms with Crippen LogP contribution >= 0.6 is 0 Å². The van der Waals surface area contributed by atoms with E-state index in [4.69, 9.17) is 9.47 Å². The molecule has 0 spiro atoms. The van der Waals surface area contributed by atoms with E-state index in [2.05, 4.69) is 20.5 Å². The van der Waals surface area contributed by atoms with Gasteiger partial charge in [-0.15, -0.1) is 5.10 Å². The zero-order valence-corrected chi connectivity index (χ0v) is 15.5. The second-order valence-corrected chi connectivity index (χ2v) is 6.27. The number of hydrogen-bond acceptors (Lipinski definition) is 8. The van der Waals surface area contributed by atoms with Crippen molar-refractivity contribution in [2.24, 2.45) is 0 Å². The number of benzene rings is 1. The summed E-state index contributed by atoms with van der Waals surface area (Å²) < 4.78 is 11.2. The Hall–Kier alpha value is -2.78. The van der Waals surface area contributed by atoms with E-state index in [0.29, 0.717) is 12.2 Å². The van der Waals surface area contributed by atoms with Gasteiger partial charge in [0.25, 0.3) is 0 Å². The first-order valence-corrected chi connectivity index (χ1v) is 8.77. The SMILES string of the molecule is COC(=O)c1cc(C(=O)OC)cc(-n2nncc2CN2CCCNCC2)c1. The predicted octanol–water partition coefficient (Wildman–Crippen LogP) is 0.636. The number of nitrogens with one attached hydrogen (secondary N) is 1. The van der Waals surface area contributed by atoms with Crippen LogP contribution in [-0.2, 0) is 16.0 Å². The summed E-state index contributed by atoms with van der Waals surface area (Å²) in [5.41, 5.74) is 1.92. The van der Waals surface area contributed by atoms with Crippen LogP contribution in [0.15, 0.2) is 24.4 Å². The van der Waals surface area contributed by atoms with Crippen molar-refractivity contribution >= 4 is 11.9 Å². The molecular formula is C18H23N5O4. The second kappa shape index (κ2) is 8.74. The van der Waals surface area contributed by atoms with Crippen molar-refractivity contribution in [2.75, 3.05) is 40.4 Å². The first kappa shape index (κ1) is 19.0. The summed E-state index contributed by atoms with van der Waals surface area (Å²) in [4.78, 5) is 26.3. The van der Waals surface area contributed by atoms with E-state index < -0.39 is 11.9 Å². The molecule has 0 aliphatic carbocycles. The van der Waals surface area contributed by atoms with Gasteiger partial charge in [0.05, 0.1) is 42.9 Å². The van der Waals surface area contributed by atoms with Crippen molar-refractivity contribution in [3.8, 4) is 5.69 Å². The van der Waals surface area contributed by atoms with Gasteiger partial charge in [-0.25, -0.2) is 14.3 Å². The Bertz CT molecular complexity index is 778. The van der Waals surface area contributed by atoms with Crippen LogP contribution in [0.2, 0.25) is 0 Å². The molecule has 1 fully saturated rings. The lowest BCUT2D eigenvalue weighted by Gasteiger charge is -2.19. The third-order valence-electron chi connectivity index (χ3n) is 4.44. The van der Waals surface area contributed by atoms with E-state index in [1.54, 1.807) is 23.0 Å². The number of methoxy groups -OCH3 is 2. The molecule has 1 aliphatic rings. The van der Waals surface area contributed by atoms with E-state index in [0.717, 1.165) is 38.3 Å². The molecule has 0 atom stereocenters. The van der Waals surface area contributed by atoms with Gasteiger partial charge in [-0.1, -0.05) is 5.21 Å². The van der Waals surface area contributed by atoms with Crippen molar-refractivity contribution in [2.45, 2.75) is 13.0 Å². The topological polar surface area (TPSA) is 98.6 Å². The highest BCUT2D eigenvalue weighted by molar-refractivity contribution is 5.96. The average molecular weight is 373 g/mol. The lowest BCUT2D eigenvalue weighted by molar-refractivity contribution is 0.0599. The number of carbonyl (C=O) groups is 2. The maximum atomic E-state index is 12.0. The molecule has 0 radical (unpaired) electrons. The summed E-state index contributed by atoms with van der Waals surface area (Å²) in [6.07, 6.45) is 2.77. The zero-order chi connectivity index (χ0) is 19.2. The fourth-order valence-electron chi connectivity index (χ4n) is 3.08. The highest BCUT2D eigenvalue weighted by atomic mass is 16.5. The van der Waals surface area contributed by atoms with Crippen LogP contribution < -0.4 is 5.32 Å².